The fourth-order valence-electron chi connectivity index (χ4n) is 2.01. The van der Waals surface area contributed by atoms with Crippen molar-refractivity contribution in [2.75, 3.05) is 7.11 Å². The highest BCUT2D eigenvalue weighted by Crippen LogP contribution is 2.42. The van der Waals surface area contributed by atoms with Gasteiger partial charge < -0.3 is 4.74 Å². The molecule has 1 aliphatic rings. The van der Waals surface area contributed by atoms with Gasteiger partial charge in [0.15, 0.2) is 0 Å². The quantitative estimate of drug-likeness (QED) is 0.626. The van der Waals surface area contributed by atoms with Crippen molar-refractivity contribution in [1.29, 1.82) is 0 Å². The number of rotatable bonds is 3. The van der Waals surface area contributed by atoms with Crippen LogP contribution in [0.15, 0.2) is 23.1 Å². The molecule has 1 aliphatic carbocycles. The molecule has 2 rings (SSSR count). The molecule has 1 aromatic carbocycles. The summed E-state index contributed by atoms with van der Waals surface area (Å²) >= 11 is 1.16. The van der Waals surface area contributed by atoms with Crippen LogP contribution in [0.25, 0.3) is 0 Å². The molecular formula is C13H12F4O2S. The molecule has 0 atom stereocenters. The van der Waals surface area contributed by atoms with Crippen LogP contribution < -0.4 is 0 Å². The Morgan fingerprint density at radius 1 is 1.30 bits per heavy atom. The Labute approximate surface area is 117 Å². The van der Waals surface area contributed by atoms with E-state index in [0.29, 0.717) is 18.9 Å². The molecule has 0 amide bonds. The van der Waals surface area contributed by atoms with Crippen molar-refractivity contribution in [3.63, 3.8) is 0 Å². The molecule has 0 N–H and O–H groups in total. The number of thioether (sulfide) groups is 1. The largest absolute Gasteiger partial charge is 0.469 e. The van der Waals surface area contributed by atoms with E-state index in [1.54, 1.807) is 0 Å². The Bertz CT molecular complexity index is 510. The van der Waals surface area contributed by atoms with Gasteiger partial charge in [0.05, 0.1) is 18.6 Å². The molecule has 0 aromatic heterocycles. The highest BCUT2D eigenvalue weighted by Gasteiger charge is 2.36. The first-order valence-corrected chi connectivity index (χ1v) is 6.80. The lowest BCUT2D eigenvalue weighted by Crippen LogP contribution is -2.33. The van der Waals surface area contributed by atoms with E-state index < -0.39 is 17.6 Å². The van der Waals surface area contributed by atoms with Gasteiger partial charge in [0.1, 0.15) is 5.82 Å². The summed E-state index contributed by atoms with van der Waals surface area (Å²) in [5.74, 6) is -1.42. The minimum atomic E-state index is -4.56. The minimum Gasteiger partial charge on any atom is -0.469 e. The third-order valence-electron chi connectivity index (χ3n) is 3.13. The van der Waals surface area contributed by atoms with E-state index >= 15 is 0 Å². The predicted molar refractivity (Wildman–Crippen MR) is 65.8 cm³/mol. The van der Waals surface area contributed by atoms with Crippen molar-refractivity contribution >= 4 is 17.7 Å². The van der Waals surface area contributed by atoms with Crippen molar-refractivity contribution in [1.82, 2.24) is 0 Å². The molecule has 0 spiro atoms. The van der Waals surface area contributed by atoms with Gasteiger partial charge in [0, 0.05) is 10.1 Å². The molecule has 7 heteroatoms. The summed E-state index contributed by atoms with van der Waals surface area (Å²) in [4.78, 5) is 11.4. The van der Waals surface area contributed by atoms with Crippen LogP contribution in [0.3, 0.4) is 0 Å². The first kappa shape index (κ1) is 15.2. The second-order valence-electron chi connectivity index (χ2n) is 4.60. The first-order valence-electron chi connectivity index (χ1n) is 5.92. The third kappa shape index (κ3) is 3.45. The van der Waals surface area contributed by atoms with Gasteiger partial charge in [-0.25, -0.2) is 4.39 Å². The van der Waals surface area contributed by atoms with Gasteiger partial charge in [-0.2, -0.15) is 13.2 Å². The molecular weight excluding hydrogens is 296 g/mol. The molecule has 0 saturated heterocycles. The van der Waals surface area contributed by atoms with E-state index in [9.17, 15) is 22.4 Å². The summed E-state index contributed by atoms with van der Waals surface area (Å²) in [6.07, 6.45) is -3.49. The fraction of sp³-hybridized carbons (Fsp3) is 0.462. The van der Waals surface area contributed by atoms with Gasteiger partial charge in [0.2, 0.25) is 0 Å². The number of halogens is 4. The number of carbonyl (C=O) groups excluding carboxylic acids is 1. The minimum absolute atomic E-state index is 0.0157. The van der Waals surface area contributed by atoms with E-state index in [1.165, 1.54) is 7.11 Å². The van der Waals surface area contributed by atoms with Crippen LogP contribution in [-0.2, 0) is 15.7 Å². The van der Waals surface area contributed by atoms with Crippen molar-refractivity contribution in [3.8, 4) is 0 Å². The van der Waals surface area contributed by atoms with Gasteiger partial charge in [-0.05, 0) is 31.0 Å². The van der Waals surface area contributed by atoms with Gasteiger partial charge in [-0.1, -0.05) is 0 Å². The Balaban J connectivity index is 2.01. The molecule has 0 unspecified atom stereocenters. The number of alkyl halides is 3. The highest BCUT2D eigenvalue weighted by atomic mass is 32.2. The summed E-state index contributed by atoms with van der Waals surface area (Å²) < 4.78 is 55.5. The number of benzene rings is 1. The van der Waals surface area contributed by atoms with E-state index in [0.717, 1.165) is 23.9 Å². The van der Waals surface area contributed by atoms with Gasteiger partial charge >= 0.3 is 12.1 Å². The lowest BCUT2D eigenvalue weighted by molar-refractivity contribution is -0.148. The number of esters is 1. The van der Waals surface area contributed by atoms with Crippen LogP contribution in [0.5, 0.6) is 0 Å². The summed E-state index contributed by atoms with van der Waals surface area (Å²) in [6.45, 7) is 0. The van der Waals surface area contributed by atoms with Crippen molar-refractivity contribution in [2.45, 2.75) is 29.2 Å². The summed E-state index contributed by atoms with van der Waals surface area (Å²) in [7, 11) is 1.30. The van der Waals surface area contributed by atoms with E-state index in [-0.39, 0.29) is 22.0 Å². The third-order valence-corrected chi connectivity index (χ3v) is 4.36. The Morgan fingerprint density at radius 3 is 2.50 bits per heavy atom. The molecule has 1 fully saturated rings. The van der Waals surface area contributed by atoms with Crippen LogP contribution in [0.2, 0.25) is 0 Å². The van der Waals surface area contributed by atoms with Crippen LogP contribution in [0.4, 0.5) is 17.6 Å². The summed E-state index contributed by atoms with van der Waals surface area (Å²) in [5, 5.41) is 0.0157. The Hall–Kier alpha value is -1.24. The second kappa shape index (κ2) is 5.63. The van der Waals surface area contributed by atoms with Gasteiger partial charge in [-0.15, -0.1) is 11.8 Å². The maximum atomic E-state index is 13.2. The molecule has 2 nitrogen and oxygen atoms in total. The van der Waals surface area contributed by atoms with Gasteiger partial charge in [0.25, 0.3) is 0 Å². The second-order valence-corrected chi connectivity index (χ2v) is 5.98. The van der Waals surface area contributed by atoms with Crippen LogP contribution in [-0.4, -0.2) is 18.3 Å². The summed E-state index contributed by atoms with van der Waals surface area (Å²) in [5.41, 5.74) is -0.996. The zero-order chi connectivity index (χ0) is 14.9. The number of ether oxygens (including phenoxy) is 1. The molecule has 110 valence electrons. The van der Waals surface area contributed by atoms with E-state index in [1.807, 2.05) is 0 Å². The predicted octanol–water partition coefficient (Wildman–Crippen LogP) is 3.89. The number of hydrogen-bond donors (Lipinski definition) is 0. The normalized spacial score (nSPS) is 22.2. The van der Waals surface area contributed by atoms with Gasteiger partial charge in [-0.3, -0.25) is 4.79 Å². The molecule has 0 radical (unpaired) electrons. The lowest BCUT2D eigenvalue weighted by atomic mass is 9.85. The number of hydrogen-bond acceptors (Lipinski definition) is 3. The number of methoxy groups -OCH3 is 1. The molecule has 0 heterocycles. The topological polar surface area (TPSA) is 26.3 Å². The molecule has 1 aromatic rings. The zero-order valence-electron chi connectivity index (χ0n) is 10.5. The fourth-order valence-corrected chi connectivity index (χ4v) is 3.43. The van der Waals surface area contributed by atoms with Crippen LogP contribution >= 0.6 is 11.8 Å². The van der Waals surface area contributed by atoms with Crippen molar-refractivity contribution in [3.05, 3.63) is 29.6 Å². The molecule has 20 heavy (non-hydrogen) atoms. The summed E-state index contributed by atoms with van der Waals surface area (Å²) in [6, 6.07) is 2.48. The average molecular weight is 308 g/mol. The monoisotopic (exact) mass is 308 g/mol. The van der Waals surface area contributed by atoms with Crippen molar-refractivity contribution in [2.24, 2.45) is 5.92 Å². The first-order chi connectivity index (χ1) is 9.29. The van der Waals surface area contributed by atoms with Crippen molar-refractivity contribution < 1.29 is 27.1 Å². The average Bonchev–Trinajstić information content (AvgIpc) is 2.30. The van der Waals surface area contributed by atoms with E-state index in [2.05, 4.69) is 4.74 Å². The Morgan fingerprint density at radius 2 is 1.95 bits per heavy atom. The van der Waals surface area contributed by atoms with Crippen LogP contribution in [0, 0.1) is 11.7 Å². The van der Waals surface area contributed by atoms with E-state index in [4.69, 9.17) is 0 Å². The molecule has 0 bridgehead atoms. The highest BCUT2D eigenvalue weighted by molar-refractivity contribution is 8.00. The maximum absolute atomic E-state index is 13.2. The molecule has 0 aliphatic heterocycles. The molecule has 1 saturated carbocycles. The number of carbonyl (C=O) groups is 1. The Kier molecular flexibility index (Phi) is 4.27. The lowest BCUT2D eigenvalue weighted by Gasteiger charge is -2.32. The zero-order valence-corrected chi connectivity index (χ0v) is 11.4. The maximum Gasteiger partial charge on any atom is 0.416 e. The van der Waals surface area contributed by atoms with Crippen LogP contribution in [0.1, 0.15) is 18.4 Å². The SMILES string of the molecule is COC(=O)C1CC(Sc2cc(F)cc(C(F)(F)F)c2)C1. The standard InChI is InChI=1S/C13H12F4O2S/c1-19-12(18)7-2-10(3-7)20-11-5-8(13(15,16)17)4-9(14)6-11/h4-7,10H,2-3H2,1H3. The smallest absolute Gasteiger partial charge is 0.416 e.